The molecule has 6 heteroatoms. The molecule has 162 valence electrons. The SMILES string of the molecule is C#Cc1cccc2cccc(-c3ncc4c(N5CCN(C(=O)C=C)CC5)ccnc4c3F)c12. The van der Waals surface area contributed by atoms with E-state index in [2.05, 4.69) is 27.4 Å². The Bertz CT molecular complexity index is 1440. The van der Waals surface area contributed by atoms with Gasteiger partial charge in [-0.1, -0.05) is 42.8 Å². The number of anilines is 1. The molecule has 0 atom stereocenters. The van der Waals surface area contributed by atoms with Crippen LogP contribution in [0.4, 0.5) is 10.1 Å². The van der Waals surface area contributed by atoms with Gasteiger partial charge < -0.3 is 9.80 Å². The van der Waals surface area contributed by atoms with E-state index in [9.17, 15) is 4.79 Å². The van der Waals surface area contributed by atoms with Crippen molar-refractivity contribution < 1.29 is 9.18 Å². The van der Waals surface area contributed by atoms with Crippen molar-refractivity contribution in [3.05, 3.63) is 78.9 Å². The summed E-state index contributed by atoms with van der Waals surface area (Å²) in [5.41, 5.74) is 2.67. The fraction of sp³-hybridized carbons (Fsp3) is 0.148. The number of carbonyl (C=O) groups is 1. The smallest absolute Gasteiger partial charge is 0.246 e. The number of hydrogen-bond donors (Lipinski definition) is 0. The second-order valence-corrected chi connectivity index (χ2v) is 7.88. The Balaban J connectivity index is 1.59. The summed E-state index contributed by atoms with van der Waals surface area (Å²) in [6.45, 7) is 5.98. The molecular formula is C27H21FN4O. The average Bonchev–Trinajstić information content (AvgIpc) is 2.87. The van der Waals surface area contributed by atoms with Gasteiger partial charge in [0, 0.05) is 66.2 Å². The number of carbonyl (C=O) groups excluding carboxylic acids is 1. The fourth-order valence-electron chi connectivity index (χ4n) is 4.48. The number of nitrogens with zero attached hydrogens (tertiary/aromatic N) is 4. The molecule has 1 fully saturated rings. The lowest BCUT2D eigenvalue weighted by molar-refractivity contribution is -0.126. The topological polar surface area (TPSA) is 49.3 Å². The lowest BCUT2D eigenvalue weighted by atomic mass is 9.96. The van der Waals surface area contributed by atoms with Gasteiger partial charge in [0.1, 0.15) is 11.2 Å². The molecule has 5 nitrogen and oxygen atoms in total. The molecule has 0 bridgehead atoms. The monoisotopic (exact) mass is 436 g/mol. The van der Waals surface area contributed by atoms with Crippen LogP contribution in [0.1, 0.15) is 5.56 Å². The van der Waals surface area contributed by atoms with Gasteiger partial charge in [-0.3, -0.25) is 14.8 Å². The fourth-order valence-corrected chi connectivity index (χ4v) is 4.48. The third-order valence-electron chi connectivity index (χ3n) is 6.13. The molecule has 1 aliphatic rings. The van der Waals surface area contributed by atoms with Gasteiger partial charge >= 0.3 is 0 Å². The van der Waals surface area contributed by atoms with E-state index in [1.165, 1.54) is 6.08 Å². The van der Waals surface area contributed by atoms with Gasteiger partial charge in [0.25, 0.3) is 0 Å². The van der Waals surface area contributed by atoms with Crippen molar-refractivity contribution in [1.29, 1.82) is 0 Å². The van der Waals surface area contributed by atoms with Crippen LogP contribution in [0.5, 0.6) is 0 Å². The summed E-state index contributed by atoms with van der Waals surface area (Å²) in [7, 11) is 0. The van der Waals surface area contributed by atoms with Crippen molar-refractivity contribution in [1.82, 2.24) is 14.9 Å². The number of hydrogen-bond acceptors (Lipinski definition) is 4. The van der Waals surface area contributed by atoms with Gasteiger partial charge in [0.15, 0.2) is 5.82 Å². The Morgan fingerprint density at radius 1 is 1.09 bits per heavy atom. The molecule has 1 saturated heterocycles. The van der Waals surface area contributed by atoms with Gasteiger partial charge in [-0.25, -0.2) is 4.39 Å². The van der Waals surface area contributed by atoms with Crippen molar-refractivity contribution >= 4 is 33.3 Å². The van der Waals surface area contributed by atoms with E-state index in [1.807, 2.05) is 42.5 Å². The minimum absolute atomic E-state index is 0.0759. The van der Waals surface area contributed by atoms with Crippen molar-refractivity contribution in [3.63, 3.8) is 0 Å². The second kappa shape index (κ2) is 8.36. The minimum atomic E-state index is -0.478. The number of amides is 1. The van der Waals surface area contributed by atoms with Crippen LogP contribution < -0.4 is 4.90 Å². The van der Waals surface area contributed by atoms with E-state index < -0.39 is 5.82 Å². The Morgan fingerprint density at radius 2 is 1.85 bits per heavy atom. The average molecular weight is 436 g/mol. The first kappa shape index (κ1) is 20.7. The van der Waals surface area contributed by atoms with Crippen LogP contribution in [0.25, 0.3) is 32.9 Å². The molecule has 2 aromatic heterocycles. The van der Waals surface area contributed by atoms with Gasteiger partial charge in [0.2, 0.25) is 5.91 Å². The van der Waals surface area contributed by atoms with Crippen LogP contribution in [0.15, 0.2) is 67.5 Å². The second-order valence-electron chi connectivity index (χ2n) is 7.88. The van der Waals surface area contributed by atoms with Crippen LogP contribution in [-0.4, -0.2) is 47.0 Å². The summed E-state index contributed by atoms with van der Waals surface area (Å²) < 4.78 is 15.8. The third kappa shape index (κ3) is 3.48. The number of rotatable bonds is 3. The van der Waals surface area contributed by atoms with E-state index in [0.29, 0.717) is 42.7 Å². The quantitative estimate of drug-likeness (QED) is 0.353. The maximum Gasteiger partial charge on any atom is 0.246 e. The maximum atomic E-state index is 15.8. The van der Waals surface area contributed by atoms with Crippen molar-refractivity contribution in [2.45, 2.75) is 0 Å². The van der Waals surface area contributed by atoms with Crippen molar-refractivity contribution in [2.24, 2.45) is 0 Å². The molecule has 5 rings (SSSR count). The molecule has 33 heavy (non-hydrogen) atoms. The largest absolute Gasteiger partial charge is 0.367 e. The number of pyridine rings is 2. The predicted octanol–water partition coefficient (Wildman–Crippen LogP) is 4.41. The molecular weight excluding hydrogens is 415 g/mol. The molecule has 0 spiro atoms. The Morgan fingerprint density at radius 3 is 2.58 bits per heavy atom. The molecule has 3 heterocycles. The summed E-state index contributed by atoms with van der Waals surface area (Å²) in [5, 5.41) is 2.37. The third-order valence-corrected chi connectivity index (χ3v) is 6.13. The lowest BCUT2D eigenvalue weighted by Gasteiger charge is -2.36. The van der Waals surface area contributed by atoms with Gasteiger partial charge in [-0.2, -0.15) is 0 Å². The lowest BCUT2D eigenvalue weighted by Crippen LogP contribution is -2.48. The first-order valence-corrected chi connectivity index (χ1v) is 10.7. The van der Waals surface area contributed by atoms with Crippen LogP contribution in [-0.2, 0) is 4.79 Å². The highest BCUT2D eigenvalue weighted by atomic mass is 19.1. The molecule has 0 radical (unpaired) electrons. The van der Waals surface area contributed by atoms with E-state index in [-0.39, 0.29) is 17.1 Å². The number of piperazine rings is 1. The molecule has 0 saturated carbocycles. The van der Waals surface area contributed by atoms with Crippen LogP contribution in [0, 0.1) is 18.2 Å². The summed E-state index contributed by atoms with van der Waals surface area (Å²) in [6, 6.07) is 13.2. The molecule has 2 aromatic carbocycles. The standard InChI is InChI=1S/C27H21FN4O/c1-3-18-7-5-8-19-9-6-10-20(24(18)19)26-25(28)27-21(17-30-26)22(11-12-29-27)31-13-15-32(16-14-31)23(33)4-2/h1,4-12,17H,2,13-16H2. The molecule has 1 amide bonds. The normalized spacial score (nSPS) is 13.8. The Hall–Kier alpha value is -4.24. The molecule has 4 aromatic rings. The zero-order valence-corrected chi connectivity index (χ0v) is 18.0. The maximum absolute atomic E-state index is 15.8. The first-order valence-electron chi connectivity index (χ1n) is 10.7. The van der Waals surface area contributed by atoms with E-state index in [1.54, 1.807) is 17.3 Å². The predicted molar refractivity (Wildman–Crippen MR) is 129 cm³/mol. The van der Waals surface area contributed by atoms with Crippen LogP contribution in [0.2, 0.25) is 0 Å². The van der Waals surface area contributed by atoms with Gasteiger partial charge in [-0.05, 0) is 23.6 Å². The zero-order valence-electron chi connectivity index (χ0n) is 18.0. The highest BCUT2D eigenvalue weighted by molar-refractivity contribution is 6.02. The Kier molecular flexibility index (Phi) is 5.23. The number of aromatic nitrogens is 2. The molecule has 0 aliphatic carbocycles. The molecule has 0 N–H and O–H groups in total. The molecule has 1 aliphatic heterocycles. The number of benzene rings is 2. The summed E-state index contributed by atoms with van der Waals surface area (Å²) in [5.74, 6) is 2.14. The summed E-state index contributed by atoms with van der Waals surface area (Å²) >= 11 is 0. The van der Waals surface area contributed by atoms with E-state index in [4.69, 9.17) is 6.42 Å². The minimum Gasteiger partial charge on any atom is -0.367 e. The number of terminal acetylenes is 1. The summed E-state index contributed by atoms with van der Waals surface area (Å²) in [4.78, 5) is 24.6. The van der Waals surface area contributed by atoms with Gasteiger partial charge in [0.05, 0.1) is 0 Å². The first-order chi connectivity index (χ1) is 16.1. The highest BCUT2D eigenvalue weighted by Crippen LogP contribution is 2.35. The number of fused-ring (bicyclic) bond motifs is 2. The van der Waals surface area contributed by atoms with Crippen molar-refractivity contribution in [2.75, 3.05) is 31.1 Å². The zero-order chi connectivity index (χ0) is 22.9. The Labute approximate surface area is 191 Å². The summed E-state index contributed by atoms with van der Waals surface area (Å²) in [6.07, 6.45) is 10.3. The van der Waals surface area contributed by atoms with Crippen LogP contribution >= 0.6 is 0 Å². The highest BCUT2D eigenvalue weighted by Gasteiger charge is 2.23. The van der Waals surface area contributed by atoms with Gasteiger partial charge in [-0.15, -0.1) is 6.42 Å². The van der Waals surface area contributed by atoms with Crippen LogP contribution in [0.3, 0.4) is 0 Å². The van der Waals surface area contributed by atoms with Crippen molar-refractivity contribution in [3.8, 4) is 23.6 Å². The number of halogens is 1. The van der Waals surface area contributed by atoms with E-state index >= 15 is 4.39 Å². The molecule has 0 unspecified atom stereocenters. The van der Waals surface area contributed by atoms with E-state index in [0.717, 1.165) is 16.5 Å².